The summed E-state index contributed by atoms with van der Waals surface area (Å²) < 4.78 is 0. The number of aliphatic hydroxyl groups excluding tert-OH is 1. The van der Waals surface area contributed by atoms with Crippen molar-refractivity contribution in [1.29, 1.82) is 0 Å². The zero-order valence-corrected chi connectivity index (χ0v) is 7.49. The molecule has 0 unspecified atom stereocenters. The number of aryl methyl sites for hydroxylation is 1. The third-order valence-corrected chi connectivity index (χ3v) is 1.72. The molecule has 0 radical (unpaired) electrons. The van der Waals surface area contributed by atoms with Crippen LogP contribution in [0.15, 0.2) is 36.6 Å². The van der Waals surface area contributed by atoms with Crippen molar-refractivity contribution in [3.63, 3.8) is 0 Å². The number of hydrogen-bond acceptors (Lipinski definition) is 2. The first-order valence-electron chi connectivity index (χ1n) is 3.95. The fourth-order valence-electron chi connectivity index (χ4n) is 0.993. The van der Waals surface area contributed by atoms with Crippen LogP contribution in [-0.4, -0.2) is 10.2 Å². The molecular weight excluding hydrogens is 164 g/mol. The average molecular weight is 176 g/mol. The van der Waals surface area contributed by atoms with Crippen LogP contribution in [0, 0.1) is 6.92 Å². The SMILES string of the molecule is C=C(O)/C=C\c1cc(O)ccc1C. The van der Waals surface area contributed by atoms with Crippen molar-refractivity contribution >= 4 is 6.08 Å². The Bertz CT molecular complexity index is 351. The zero-order valence-electron chi connectivity index (χ0n) is 7.49. The summed E-state index contributed by atoms with van der Waals surface area (Å²) in [6.45, 7) is 5.26. The van der Waals surface area contributed by atoms with Crippen LogP contribution in [0.1, 0.15) is 11.1 Å². The highest BCUT2D eigenvalue weighted by molar-refractivity contribution is 5.57. The minimum atomic E-state index is 0.00254. The molecule has 1 aromatic carbocycles. The number of benzene rings is 1. The van der Waals surface area contributed by atoms with Gasteiger partial charge < -0.3 is 10.2 Å². The topological polar surface area (TPSA) is 40.5 Å². The van der Waals surface area contributed by atoms with Crippen LogP contribution < -0.4 is 0 Å². The van der Waals surface area contributed by atoms with E-state index in [1.165, 1.54) is 6.08 Å². The maximum absolute atomic E-state index is 9.18. The van der Waals surface area contributed by atoms with Crippen molar-refractivity contribution in [2.75, 3.05) is 0 Å². The smallest absolute Gasteiger partial charge is 0.116 e. The van der Waals surface area contributed by atoms with Crippen molar-refractivity contribution in [2.24, 2.45) is 0 Å². The van der Waals surface area contributed by atoms with E-state index in [-0.39, 0.29) is 11.5 Å². The Hall–Kier alpha value is -1.70. The normalized spacial score (nSPS) is 10.5. The lowest BCUT2D eigenvalue weighted by atomic mass is 10.1. The number of aromatic hydroxyl groups is 1. The van der Waals surface area contributed by atoms with Gasteiger partial charge in [-0.2, -0.15) is 0 Å². The predicted molar refractivity (Wildman–Crippen MR) is 53.6 cm³/mol. The zero-order chi connectivity index (χ0) is 9.84. The second kappa shape index (κ2) is 3.81. The summed E-state index contributed by atoms with van der Waals surface area (Å²) >= 11 is 0. The van der Waals surface area contributed by atoms with Crippen LogP contribution in [0.5, 0.6) is 5.75 Å². The van der Waals surface area contributed by atoms with Gasteiger partial charge in [0, 0.05) is 0 Å². The summed E-state index contributed by atoms with van der Waals surface area (Å²) in [7, 11) is 0. The quantitative estimate of drug-likeness (QED) is 0.537. The Morgan fingerprint density at radius 3 is 2.77 bits per heavy atom. The van der Waals surface area contributed by atoms with Gasteiger partial charge in [0.2, 0.25) is 0 Å². The fraction of sp³-hybridized carbons (Fsp3) is 0.0909. The van der Waals surface area contributed by atoms with Crippen LogP contribution in [-0.2, 0) is 0 Å². The van der Waals surface area contributed by atoms with Crippen molar-refractivity contribution in [3.05, 3.63) is 47.7 Å². The molecule has 0 aromatic heterocycles. The van der Waals surface area contributed by atoms with Crippen LogP contribution in [0.4, 0.5) is 0 Å². The van der Waals surface area contributed by atoms with Crippen LogP contribution in [0.25, 0.3) is 6.08 Å². The summed E-state index contributed by atoms with van der Waals surface area (Å²) in [5.41, 5.74) is 1.91. The van der Waals surface area contributed by atoms with Gasteiger partial charge in [0.05, 0.1) is 0 Å². The molecule has 0 bridgehead atoms. The van der Waals surface area contributed by atoms with E-state index >= 15 is 0 Å². The molecular formula is C11H12O2. The van der Waals surface area contributed by atoms with E-state index in [0.717, 1.165) is 11.1 Å². The molecule has 0 heterocycles. The molecule has 0 atom stereocenters. The van der Waals surface area contributed by atoms with Crippen molar-refractivity contribution < 1.29 is 10.2 Å². The average Bonchev–Trinajstić information content (AvgIpc) is 2.06. The van der Waals surface area contributed by atoms with Crippen LogP contribution >= 0.6 is 0 Å². The highest BCUT2D eigenvalue weighted by atomic mass is 16.3. The Balaban J connectivity index is 3.00. The third kappa shape index (κ3) is 2.67. The minimum absolute atomic E-state index is 0.00254. The monoisotopic (exact) mass is 176 g/mol. The van der Waals surface area contributed by atoms with Crippen molar-refractivity contribution in [3.8, 4) is 5.75 Å². The standard InChI is InChI=1S/C11H12O2/c1-8-3-6-11(13)7-10(8)5-4-9(2)12/h3-7,12-13H,2H2,1H3/b5-4-. The summed E-state index contributed by atoms with van der Waals surface area (Å²) in [6.07, 6.45) is 3.19. The van der Waals surface area contributed by atoms with Crippen LogP contribution in [0.2, 0.25) is 0 Å². The van der Waals surface area contributed by atoms with Gasteiger partial charge in [0.25, 0.3) is 0 Å². The molecule has 0 spiro atoms. The molecule has 0 saturated heterocycles. The minimum Gasteiger partial charge on any atom is -0.509 e. The number of aliphatic hydroxyl groups is 1. The summed E-state index contributed by atoms with van der Waals surface area (Å²) in [6, 6.07) is 5.07. The number of phenols is 1. The molecule has 2 N–H and O–H groups in total. The summed E-state index contributed by atoms with van der Waals surface area (Å²) in [5, 5.41) is 18.0. The number of rotatable bonds is 2. The Kier molecular flexibility index (Phi) is 2.75. The van der Waals surface area contributed by atoms with Gasteiger partial charge in [-0.3, -0.25) is 0 Å². The molecule has 0 aliphatic rings. The number of hydrogen-bond donors (Lipinski definition) is 2. The van der Waals surface area contributed by atoms with E-state index in [0.29, 0.717) is 0 Å². The summed E-state index contributed by atoms with van der Waals surface area (Å²) in [5.74, 6) is 0.219. The van der Waals surface area contributed by atoms with Gasteiger partial charge in [-0.05, 0) is 36.3 Å². The Labute approximate surface area is 77.5 Å². The van der Waals surface area contributed by atoms with Gasteiger partial charge in [-0.1, -0.05) is 18.7 Å². The first-order valence-corrected chi connectivity index (χ1v) is 3.95. The molecule has 0 aliphatic carbocycles. The van der Waals surface area contributed by atoms with Crippen LogP contribution in [0.3, 0.4) is 0 Å². The van der Waals surface area contributed by atoms with Gasteiger partial charge in [-0.25, -0.2) is 0 Å². The molecule has 1 rings (SSSR count). The molecule has 2 nitrogen and oxygen atoms in total. The van der Waals surface area contributed by atoms with Crippen molar-refractivity contribution in [1.82, 2.24) is 0 Å². The van der Waals surface area contributed by atoms with Gasteiger partial charge >= 0.3 is 0 Å². The molecule has 2 heteroatoms. The van der Waals surface area contributed by atoms with Crippen molar-refractivity contribution in [2.45, 2.75) is 6.92 Å². The molecule has 13 heavy (non-hydrogen) atoms. The largest absolute Gasteiger partial charge is 0.509 e. The lowest BCUT2D eigenvalue weighted by Gasteiger charge is -2.00. The number of phenolic OH excluding ortho intramolecular Hbond substituents is 1. The molecule has 0 fully saturated rings. The highest BCUT2D eigenvalue weighted by Gasteiger charge is 1.95. The molecule has 1 aromatic rings. The molecule has 0 aliphatic heterocycles. The highest BCUT2D eigenvalue weighted by Crippen LogP contribution is 2.17. The Morgan fingerprint density at radius 1 is 1.46 bits per heavy atom. The molecule has 0 saturated carbocycles. The lowest BCUT2D eigenvalue weighted by Crippen LogP contribution is -1.79. The second-order valence-corrected chi connectivity index (χ2v) is 2.87. The lowest BCUT2D eigenvalue weighted by molar-refractivity contribution is 0.436. The first kappa shape index (κ1) is 9.39. The molecule has 68 valence electrons. The van der Waals surface area contributed by atoms with E-state index in [4.69, 9.17) is 5.11 Å². The van der Waals surface area contributed by atoms with Gasteiger partial charge in [0.15, 0.2) is 0 Å². The van der Waals surface area contributed by atoms with E-state index in [1.54, 1.807) is 18.2 Å². The Morgan fingerprint density at radius 2 is 2.15 bits per heavy atom. The first-order chi connectivity index (χ1) is 6.09. The van der Waals surface area contributed by atoms with E-state index in [1.807, 2.05) is 13.0 Å². The van der Waals surface area contributed by atoms with E-state index in [9.17, 15) is 5.11 Å². The van der Waals surface area contributed by atoms with Gasteiger partial charge in [0.1, 0.15) is 11.5 Å². The number of allylic oxidation sites excluding steroid dienone is 1. The maximum atomic E-state index is 9.18. The second-order valence-electron chi connectivity index (χ2n) is 2.87. The fourth-order valence-corrected chi connectivity index (χ4v) is 0.993. The maximum Gasteiger partial charge on any atom is 0.116 e. The molecule has 0 amide bonds. The van der Waals surface area contributed by atoms with E-state index in [2.05, 4.69) is 6.58 Å². The predicted octanol–water partition coefficient (Wildman–Crippen LogP) is 2.79. The van der Waals surface area contributed by atoms with E-state index < -0.39 is 0 Å². The van der Waals surface area contributed by atoms with Gasteiger partial charge in [-0.15, -0.1) is 0 Å². The third-order valence-electron chi connectivity index (χ3n) is 1.72. The summed E-state index contributed by atoms with van der Waals surface area (Å²) in [4.78, 5) is 0.